The van der Waals surface area contributed by atoms with E-state index < -0.39 is 0 Å². The normalized spacial score (nSPS) is 10.6. The van der Waals surface area contributed by atoms with E-state index in [9.17, 15) is 9.18 Å². The smallest absolute Gasteiger partial charge is 0.251 e. The van der Waals surface area contributed by atoms with Crippen molar-refractivity contribution in [1.29, 1.82) is 0 Å². The summed E-state index contributed by atoms with van der Waals surface area (Å²) in [4.78, 5) is 12.4. The number of carbonyl (C=O) groups excluding carboxylic acids is 1. The number of ether oxygens (including phenoxy) is 1. The second-order valence-corrected chi connectivity index (χ2v) is 6.81. The van der Waals surface area contributed by atoms with Crippen LogP contribution in [0.3, 0.4) is 0 Å². The third kappa shape index (κ3) is 4.55. The number of nitrogens with zero attached hydrogens (tertiary/aromatic N) is 2. The van der Waals surface area contributed by atoms with E-state index in [2.05, 4.69) is 10.4 Å². The van der Waals surface area contributed by atoms with Gasteiger partial charge in [0, 0.05) is 24.0 Å². The van der Waals surface area contributed by atoms with Gasteiger partial charge in [0.25, 0.3) is 5.91 Å². The molecule has 0 spiro atoms. The van der Waals surface area contributed by atoms with Crippen molar-refractivity contribution in [3.05, 3.63) is 108 Å². The van der Waals surface area contributed by atoms with E-state index in [0.717, 1.165) is 16.9 Å². The fourth-order valence-electron chi connectivity index (χ4n) is 2.99. The Kier molecular flexibility index (Phi) is 5.57. The summed E-state index contributed by atoms with van der Waals surface area (Å²) in [6.07, 6.45) is 1.74. The van der Waals surface area contributed by atoms with Crippen molar-refractivity contribution in [2.24, 2.45) is 0 Å². The highest BCUT2D eigenvalue weighted by Crippen LogP contribution is 2.22. The Morgan fingerprint density at radius 3 is 2.17 bits per heavy atom. The van der Waals surface area contributed by atoms with Gasteiger partial charge in [-0.05, 0) is 79.2 Å². The number of amides is 1. The molecule has 5 nitrogen and oxygen atoms in total. The summed E-state index contributed by atoms with van der Waals surface area (Å²) in [6, 6.07) is 22.5. The molecule has 6 heteroatoms. The van der Waals surface area contributed by atoms with Crippen LogP contribution in [0, 0.1) is 12.7 Å². The Morgan fingerprint density at radius 2 is 1.57 bits per heavy atom. The molecule has 1 amide bonds. The molecule has 0 bridgehead atoms. The maximum Gasteiger partial charge on any atom is 0.251 e. The average Bonchev–Trinajstić information content (AvgIpc) is 3.20. The fourth-order valence-corrected chi connectivity index (χ4v) is 2.99. The minimum Gasteiger partial charge on any atom is -0.457 e. The van der Waals surface area contributed by atoms with Crippen LogP contribution in [0.15, 0.2) is 85.1 Å². The predicted octanol–water partition coefficient (Wildman–Crippen LogP) is 5.04. The first-order valence-corrected chi connectivity index (χ1v) is 9.50. The molecule has 1 heterocycles. The first kappa shape index (κ1) is 19.4. The van der Waals surface area contributed by atoms with Gasteiger partial charge in [-0.3, -0.25) is 4.79 Å². The molecule has 0 aliphatic rings. The van der Waals surface area contributed by atoms with Crippen LogP contribution in [0.4, 0.5) is 4.39 Å². The Morgan fingerprint density at radius 1 is 0.933 bits per heavy atom. The van der Waals surface area contributed by atoms with E-state index in [0.29, 0.717) is 23.6 Å². The minimum atomic E-state index is -0.306. The molecule has 0 aliphatic carbocycles. The molecule has 0 saturated carbocycles. The van der Waals surface area contributed by atoms with Gasteiger partial charge in [0.05, 0.1) is 5.69 Å². The fraction of sp³-hybridized carbons (Fsp3) is 0.0833. The third-order valence-electron chi connectivity index (χ3n) is 4.63. The molecular weight excluding hydrogens is 381 g/mol. The zero-order chi connectivity index (χ0) is 20.9. The van der Waals surface area contributed by atoms with Crippen molar-refractivity contribution >= 4 is 5.91 Å². The lowest BCUT2D eigenvalue weighted by molar-refractivity contribution is 0.0951. The second kappa shape index (κ2) is 8.61. The molecule has 1 N–H and O–H groups in total. The molecule has 0 saturated heterocycles. The van der Waals surface area contributed by atoms with Gasteiger partial charge in [-0.15, -0.1) is 0 Å². The van der Waals surface area contributed by atoms with Gasteiger partial charge in [-0.25, -0.2) is 9.07 Å². The van der Waals surface area contributed by atoms with Gasteiger partial charge < -0.3 is 10.1 Å². The lowest BCUT2D eigenvalue weighted by atomic mass is 10.1. The topological polar surface area (TPSA) is 56.2 Å². The number of carbonyl (C=O) groups is 1. The van der Waals surface area contributed by atoms with Crippen LogP contribution < -0.4 is 10.1 Å². The molecule has 3 aromatic carbocycles. The number of hydrogen-bond donors (Lipinski definition) is 1. The molecular formula is C24H20FN3O2. The zero-order valence-corrected chi connectivity index (χ0v) is 16.4. The maximum absolute atomic E-state index is 13.0. The van der Waals surface area contributed by atoms with Gasteiger partial charge in [0.2, 0.25) is 0 Å². The predicted molar refractivity (Wildman–Crippen MR) is 112 cm³/mol. The van der Waals surface area contributed by atoms with Crippen molar-refractivity contribution in [1.82, 2.24) is 15.1 Å². The Labute approximate surface area is 173 Å². The first-order chi connectivity index (χ1) is 14.6. The van der Waals surface area contributed by atoms with Crippen LogP contribution in [0.5, 0.6) is 11.5 Å². The number of benzene rings is 3. The standard InChI is InChI=1S/C24H20FN3O2/c1-17-14-15-27-28(17)21-8-4-19(5-9-21)24(29)26-16-18-2-10-22(11-3-18)30-23-12-6-20(25)7-13-23/h2-15H,16H2,1H3,(H,26,29). The van der Waals surface area contributed by atoms with Crippen LogP contribution >= 0.6 is 0 Å². The minimum absolute atomic E-state index is 0.148. The molecule has 0 atom stereocenters. The zero-order valence-electron chi connectivity index (χ0n) is 16.4. The molecule has 150 valence electrons. The van der Waals surface area contributed by atoms with Gasteiger partial charge in [0.1, 0.15) is 17.3 Å². The van der Waals surface area contributed by atoms with Crippen molar-refractivity contribution in [3.8, 4) is 17.2 Å². The lowest BCUT2D eigenvalue weighted by Gasteiger charge is -2.09. The Bertz CT molecular complexity index is 1130. The van der Waals surface area contributed by atoms with Gasteiger partial charge in [0.15, 0.2) is 0 Å². The SMILES string of the molecule is Cc1ccnn1-c1ccc(C(=O)NCc2ccc(Oc3ccc(F)cc3)cc2)cc1. The first-order valence-electron chi connectivity index (χ1n) is 9.50. The Balaban J connectivity index is 1.33. The van der Waals surface area contributed by atoms with Crippen molar-refractivity contribution in [2.75, 3.05) is 0 Å². The van der Waals surface area contributed by atoms with E-state index in [1.165, 1.54) is 12.1 Å². The van der Waals surface area contributed by atoms with Crippen LogP contribution in [0.1, 0.15) is 21.6 Å². The monoisotopic (exact) mass is 401 g/mol. The van der Waals surface area contributed by atoms with Crippen LogP contribution in [0.25, 0.3) is 5.69 Å². The van der Waals surface area contributed by atoms with Crippen LogP contribution in [-0.2, 0) is 6.54 Å². The molecule has 4 rings (SSSR count). The number of nitrogens with one attached hydrogen (secondary N) is 1. The summed E-state index contributed by atoms with van der Waals surface area (Å²) < 4.78 is 20.4. The average molecular weight is 401 g/mol. The van der Waals surface area contributed by atoms with Crippen molar-refractivity contribution < 1.29 is 13.9 Å². The van der Waals surface area contributed by atoms with Gasteiger partial charge in [-0.2, -0.15) is 5.10 Å². The summed E-state index contributed by atoms with van der Waals surface area (Å²) in [5.41, 5.74) is 3.46. The number of aryl methyl sites for hydroxylation is 1. The second-order valence-electron chi connectivity index (χ2n) is 6.81. The molecule has 0 fully saturated rings. The van der Waals surface area contributed by atoms with E-state index in [1.54, 1.807) is 30.5 Å². The highest BCUT2D eigenvalue weighted by atomic mass is 19.1. The van der Waals surface area contributed by atoms with E-state index >= 15 is 0 Å². The molecule has 0 radical (unpaired) electrons. The Hall–Kier alpha value is -3.93. The maximum atomic E-state index is 13.0. The number of aromatic nitrogens is 2. The number of rotatable bonds is 6. The lowest BCUT2D eigenvalue weighted by Crippen LogP contribution is -2.22. The molecule has 0 unspecified atom stereocenters. The summed E-state index contributed by atoms with van der Waals surface area (Å²) >= 11 is 0. The largest absolute Gasteiger partial charge is 0.457 e. The molecule has 1 aromatic heterocycles. The van der Waals surface area contributed by atoms with E-state index in [4.69, 9.17) is 4.74 Å². The van der Waals surface area contributed by atoms with Crippen molar-refractivity contribution in [3.63, 3.8) is 0 Å². The summed E-state index contributed by atoms with van der Waals surface area (Å²) in [5.74, 6) is 0.748. The number of hydrogen-bond acceptors (Lipinski definition) is 3. The quantitative estimate of drug-likeness (QED) is 0.492. The molecule has 30 heavy (non-hydrogen) atoms. The van der Waals surface area contributed by atoms with E-state index in [-0.39, 0.29) is 11.7 Å². The van der Waals surface area contributed by atoms with Crippen LogP contribution in [-0.4, -0.2) is 15.7 Å². The van der Waals surface area contributed by atoms with E-state index in [1.807, 2.05) is 54.1 Å². The van der Waals surface area contributed by atoms with Gasteiger partial charge in [-0.1, -0.05) is 12.1 Å². The van der Waals surface area contributed by atoms with Gasteiger partial charge >= 0.3 is 0 Å². The van der Waals surface area contributed by atoms with Crippen LogP contribution in [0.2, 0.25) is 0 Å². The molecule has 4 aromatic rings. The summed E-state index contributed by atoms with van der Waals surface area (Å²) in [6.45, 7) is 2.37. The highest BCUT2D eigenvalue weighted by Gasteiger charge is 2.07. The third-order valence-corrected chi connectivity index (χ3v) is 4.63. The number of halogens is 1. The molecule has 0 aliphatic heterocycles. The summed E-state index contributed by atoms with van der Waals surface area (Å²) in [5, 5.41) is 7.18. The highest BCUT2D eigenvalue weighted by molar-refractivity contribution is 5.94. The van der Waals surface area contributed by atoms with Crippen molar-refractivity contribution in [2.45, 2.75) is 13.5 Å². The summed E-state index contributed by atoms with van der Waals surface area (Å²) in [7, 11) is 0.